The van der Waals surface area contributed by atoms with Gasteiger partial charge in [-0.3, -0.25) is 14.0 Å². The molecule has 8 heteroatoms. The number of carboxylic acids is 1. The Morgan fingerprint density at radius 2 is 2.18 bits per heavy atom. The van der Waals surface area contributed by atoms with Gasteiger partial charge in [-0.15, -0.1) is 11.3 Å². The van der Waals surface area contributed by atoms with Gasteiger partial charge in [-0.2, -0.15) is 0 Å². The third kappa shape index (κ3) is 2.74. The Hall–Kier alpha value is -2.22. The highest BCUT2D eigenvalue weighted by molar-refractivity contribution is 7.15. The fourth-order valence-electron chi connectivity index (χ4n) is 2.22. The maximum atomic E-state index is 12.4. The first-order valence-electron chi connectivity index (χ1n) is 6.82. The molecule has 0 saturated carbocycles. The highest BCUT2D eigenvalue weighted by atomic mass is 32.1. The number of carbonyl (C=O) groups is 2. The van der Waals surface area contributed by atoms with E-state index < -0.39 is 23.0 Å². The molecule has 0 bridgehead atoms. The van der Waals surface area contributed by atoms with Gasteiger partial charge in [0.2, 0.25) is 0 Å². The van der Waals surface area contributed by atoms with Crippen LogP contribution in [0.2, 0.25) is 0 Å². The van der Waals surface area contributed by atoms with Crippen molar-refractivity contribution in [3.8, 4) is 0 Å². The molecule has 0 saturated heterocycles. The zero-order valence-corrected chi connectivity index (χ0v) is 13.4. The van der Waals surface area contributed by atoms with E-state index in [-0.39, 0.29) is 12.0 Å². The van der Waals surface area contributed by atoms with Crippen molar-refractivity contribution in [1.82, 2.24) is 14.7 Å². The van der Waals surface area contributed by atoms with E-state index in [2.05, 4.69) is 10.3 Å². The average Bonchev–Trinajstić information content (AvgIpc) is 2.81. The zero-order valence-electron chi connectivity index (χ0n) is 12.5. The number of hydrogen-bond acceptors (Lipinski definition) is 5. The summed E-state index contributed by atoms with van der Waals surface area (Å²) in [6.45, 7) is 4.99. The Kier molecular flexibility index (Phi) is 4.32. The van der Waals surface area contributed by atoms with E-state index in [1.54, 1.807) is 12.3 Å². The Bertz CT molecular complexity index is 795. The minimum Gasteiger partial charge on any atom is -0.480 e. The molecule has 22 heavy (non-hydrogen) atoms. The predicted molar refractivity (Wildman–Crippen MR) is 82.5 cm³/mol. The number of nitrogens with zero attached hydrogens (tertiary/aromatic N) is 2. The van der Waals surface area contributed by atoms with Crippen LogP contribution in [-0.2, 0) is 4.79 Å². The molecule has 1 amide bonds. The zero-order chi connectivity index (χ0) is 16.5. The summed E-state index contributed by atoms with van der Waals surface area (Å²) in [5.74, 6) is -1.86. The number of hydrogen-bond donors (Lipinski definition) is 2. The number of carboxylic acid groups (broad SMARTS) is 1. The molecular formula is C14H17N3O4S. The third-order valence-corrected chi connectivity index (χ3v) is 4.43. The highest BCUT2D eigenvalue weighted by Crippen LogP contribution is 2.14. The van der Waals surface area contributed by atoms with Crippen LogP contribution < -0.4 is 10.9 Å². The van der Waals surface area contributed by atoms with E-state index in [1.807, 2.05) is 6.92 Å². The van der Waals surface area contributed by atoms with Gasteiger partial charge >= 0.3 is 5.97 Å². The summed E-state index contributed by atoms with van der Waals surface area (Å²) in [5, 5.41) is 13.5. The number of rotatable bonds is 5. The van der Waals surface area contributed by atoms with Crippen LogP contribution in [0, 0.1) is 6.92 Å². The first-order valence-corrected chi connectivity index (χ1v) is 7.70. The lowest BCUT2D eigenvalue weighted by Crippen LogP contribution is -2.53. The SMILES string of the molecule is CCCC(C)(NC(=O)c1cnc2scc(C)n2c1=O)C(=O)O. The van der Waals surface area contributed by atoms with Gasteiger partial charge in [0.25, 0.3) is 11.5 Å². The molecular weight excluding hydrogens is 306 g/mol. The molecule has 2 heterocycles. The molecule has 2 aromatic heterocycles. The smallest absolute Gasteiger partial charge is 0.329 e. The van der Waals surface area contributed by atoms with Crippen molar-refractivity contribution in [1.29, 1.82) is 0 Å². The second-order valence-electron chi connectivity index (χ2n) is 5.31. The molecule has 0 aliphatic heterocycles. The molecule has 2 aromatic rings. The van der Waals surface area contributed by atoms with Crippen molar-refractivity contribution >= 4 is 28.2 Å². The standard InChI is InChI=1S/C14H17N3O4S/c1-4-5-14(3,12(20)21)16-10(18)9-6-15-13-17(11(9)19)8(2)7-22-13/h6-7H,4-5H2,1-3H3,(H,16,18)(H,20,21). The number of aliphatic carboxylic acids is 1. The van der Waals surface area contributed by atoms with Crippen LogP contribution in [0.5, 0.6) is 0 Å². The van der Waals surface area contributed by atoms with Gasteiger partial charge in [-0.05, 0) is 20.3 Å². The number of carbonyl (C=O) groups excluding carboxylic acids is 1. The number of nitrogens with one attached hydrogen (secondary N) is 1. The summed E-state index contributed by atoms with van der Waals surface area (Å²) in [7, 11) is 0. The molecule has 0 fully saturated rings. The molecule has 0 spiro atoms. The number of aryl methyl sites for hydroxylation is 1. The Labute approximate surface area is 130 Å². The second kappa shape index (κ2) is 5.88. The first kappa shape index (κ1) is 16.2. The largest absolute Gasteiger partial charge is 0.480 e. The number of thiazole rings is 1. The van der Waals surface area contributed by atoms with Crippen LogP contribution >= 0.6 is 11.3 Å². The van der Waals surface area contributed by atoms with E-state index in [1.165, 1.54) is 28.9 Å². The quantitative estimate of drug-likeness (QED) is 0.867. The molecule has 0 aliphatic carbocycles. The monoisotopic (exact) mass is 323 g/mol. The van der Waals surface area contributed by atoms with Gasteiger partial charge in [-0.25, -0.2) is 9.78 Å². The van der Waals surface area contributed by atoms with E-state index in [9.17, 15) is 19.5 Å². The van der Waals surface area contributed by atoms with Crippen LogP contribution in [0.15, 0.2) is 16.4 Å². The number of aromatic nitrogens is 2. The first-order chi connectivity index (χ1) is 10.3. The van der Waals surface area contributed by atoms with Crippen LogP contribution in [0.25, 0.3) is 4.96 Å². The van der Waals surface area contributed by atoms with Crippen LogP contribution in [0.4, 0.5) is 0 Å². The topological polar surface area (TPSA) is 101 Å². The van der Waals surface area contributed by atoms with E-state index >= 15 is 0 Å². The summed E-state index contributed by atoms with van der Waals surface area (Å²) < 4.78 is 1.34. The fraction of sp³-hybridized carbons (Fsp3) is 0.429. The van der Waals surface area contributed by atoms with Gasteiger partial charge in [0, 0.05) is 17.3 Å². The second-order valence-corrected chi connectivity index (χ2v) is 6.15. The number of fused-ring (bicyclic) bond motifs is 1. The maximum Gasteiger partial charge on any atom is 0.329 e. The predicted octanol–water partition coefficient (Wildman–Crippen LogP) is 1.44. The van der Waals surface area contributed by atoms with Crippen molar-refractivity contribution in [3.63, 3.8) is 0 Å². The number of amides is 1. The maximum absolute atomic E-state index is 12.4. The van der Waals surface area contributed by atoms with Gasteiger partial charge in [-0.1, -0.05) is 13.3 Å². The Balaban J connectivity index is 2.42. The summed E-state index contributed by atoms with van der Waals surface area (Å²) in [4.78, 5) is 40.6. The van der Waals surface area contributed by atoms with E-state index in [0.717, 1.165) is 0 Å². The minimum atomic E-state index is -1.42. The summed E-state index contributed by atoms with van der Waals surface area (Å²) >= 11 is 1.30. The Morgan fingerprint density at radius 1 is 1.50 bits per heavy atom. The third-order valence-electron chi connectivity index (χ3n) is 3.47. The van der Waals surface area contributed by atoms with Gasteiger partial charge < -0.3 is 10.4 Å². The van der Waals surface area contributed by atoms with Crippen molar-refractivity contribution in [2.45, 2.75) is 39.2 Å². The summed E-state index contributed by atoms with van der Waals surface area (Å²) in [5.41, 5.74) is -1.39. The molecule has 2 rings (SSSR count). The van der Waals surface area contributed by atoms with Crippen molar-refractivity contribution in [3.05, 3.63) is 33.2 Å². The minimum absolute atomic E-state index is 0.164. The lowest BCUT2D eigenvalue weighted by Gasteiger charge is -2.25. The molecule has 0 radical (unpaired) electrons. The van der Waals surface area contributed by atoms with E-state index in [4.69, 9.17) is 0 Å². The fourth-order valence-corrected chi connectivity index (χ4v) is 3.05. The molecule has 0 aliphatic rings. The Morgan fingerprint density at radius 3 is 2.77 bits per heavy atom. The molecule has 1 unspecified atom stereocenters. The van der Waals surface area contributed by atoms with E-state index in [0.29, 0.717) is 17.1 Å². The van der Waals surface area contributed by atoms with Crippen LogP contribution in [0.1, 0.15) is 42.7 Å². The molecule has 0 aromatic carbocycles. The van der Waals surface area contributed by atoms with Crippen molar-refractivity contribution < 1.29 is 14.7 Å². The normalized spacial score (nSPS) is 13.8. The van der Waals surface area contributed by atoms with Gasteiger partial charge in [0.05, 0.1) is 0 Å². The molecule has 118 valence electrons. The molecule has 1 atom stereocenters. The average molecular weight is 323 g/mol. The molecule has 7 nitrogen and oxygen atoms in total. The van der Waals surface area contributed by atoms with Crippen molar-refractivity contribution in [2.75, 3.05) is 0 Å². The lowest BCUT2D eigenvalue weighted by atomic mass is 9.96. The molecule has 2 N–H and O–H groups in total. The van der Waals surface area contributed by atoms with Crippen molar-refractivity contribution in [2.24, 2.45) is 0 Å². The van der Waals surface area contributed by atoms with Gasteiger partial charge in [0.1, 0.15) is 11.1 Å². The highest BCUT2D eigenvalue weighted by Gasteiger charge is 2.34. The summed E-state index contributed by atoms with van der Waals surface area (Å²) in [6, 6.07) is 0. The lowest BCUT2D eigenvalue weighted by molar-refractivity contribution is -0.144. The summed E-state index contributed by atoms with van der Waals surface area (Å²) in [6.07, 6.45) is 2.04. The van der Waals surface area contributed by atoms with Crippen LogP contribution in [0.3, 0.4) is 0 Å². The van der Waals surface area contributed by atoms with Gasteiger partial charge in [0.15, 0.2) is 4.96 Å². The van der Waals surface area contributed by atoms with Crippen LogP contribution in [-0.4, -0.2) is 31.9 Å².